The lowest BCUT2D eigenvalue weighted by atomic mass is 10.2. The Balaban J connectivity index is 1.92. The van der Waals surface area contributed by atoms with E-state index in [9.17, 15) is 4.39 Å². The van der Waals surface area contributed by atoms with Crippen LogP contribution in [0.25, 0.3) is 0 Å². The Hall–Kier alpha value is -0.250. The van der Waals surface area contributed by atoms with Crippen LogP contribution in [-0.4, -0.2) is 17.0 Å². The molecule has 1 aliphatic rings. The summed E-state index contributed by atoms with van der Waals surface area (Å²) < 4.78 is 13.6. The van der Waals surface area contributed by atoms with Crippen LogP contribution in [-0.2, 0) is 6.54 Å². The van der Waals surface area contributed by atoms with E-state index in [1.54, 1.807) is 12.1 Å². The molecular formula is C14H19ClFNS. The monoisotopic (exact) mass is 287 g/mol. The molecule has 0 radical (unpaired) electrons. The van der Waals surface area contributed by atoms with Gasteiger partial charge in [-0.3, -0.25) is 0 Å². The number of benzene rings is 1. The number of nitrogens with one attached hydrogen (secondary N) is 1. The molecule has 0 aliphatic heterocycles. The Morgan fingerprint density at radius 3 is 3.06 bits per heavy atom. The second kappa shape index (κ2) is 6.78. The minimum absolute atomic E-state index is 0.176. The summed E-state index contributed by atoms with van der Waals surface area (Å²) in [5.41, 5.74) is 0.662. The summed E-state index contributed by atoms with van der Waals surface area (Å²) >= 11 is 7.90. The molecule has 0 amide bonds. The molecule has 0 aromatic heterocycles. The fourth-order valence-corrected chi connectivity index (χ4v) is 3.91. The third-order valence-corrected chi connectivity index (χ3v) is 4.96. The summed E-state index contributed by atoms with van der Waals surface area (Å²) in [5.74, 6) is 0.971. The van der Waals surface area contributed by atoms with Gasteiger partial charge in [0.1, 0.15) is 5.82 Å². The Bertz CT molecular complexity index is 399. The van der Waals surface area contributed by atoms with Gasteiger partial charge in [-0.1, -0.05) is 24.9 Å². The highest BCUT2D eigenvalue weighted by molar-refractivity contribution is 7.99. The molecule has 0 bridgehead atoms. The molecular weight excluding hydrogens is 269 g/mol. The number of rotatable bonds is 5. The molecule has 1 aromatic carbocycles. The van der Waals surface area contributed by atoms with Crippen LogP contribution >= 0.6 is 23.4 Å². The minimum Gasteiger partial charge on any atom is -0.309 e. The summed E-state index contributed by atoms with van der Waals surface area (Å²) in [5, 5.41) is 4.76. The van der Waals surface area contributed by atoms with Gasteiger partial charge in [-0.15, -0.1) is 0 Å². The van der Waals surface area contributed by atoms with Crippen molar-refractivity contribution in [2.24, 2.45) is 0 Å². The summed E-state index contributed by atoms with van der Waals surface area (Å²) in [4.78, 5) is 0. The van der Waals surface area contributed by atoms with Crippen LogP contribution < -0.4 is 5.32 Å². The number of thioether (sulfide) groups is 1. The molecule has 4 heteroatoms. The second-order valence-corrected chi connectivity index (χ2v) is 6.60. The molecule has 2 unspecified atom stereocenters. The number of hydrogen-bond acceptors (Lipinski definition) is 2. The van der Waals surface area contributed by atoms with Gasteiger partial charge in [0, 0.05) is 28.4 Å². The highest BCUT2D eigenvalue weighted by atomic mass is 35.5. The van der Waals surface area contributed by atoms with E-state index in [-0.39, 0.29) is 5.82 Å². The lowest BCUT2D eigenvalue weighted by Crippen LogP contribution is -2.33. The third-order valence-electron chi connectivity index (χ3n) is 3.40. The van der Waals surface area contributed by atoms with E-state index in [4.69, 9.17) is 11.6 Å². The van der Waals surface area contributed by atoms with Crippen LogP contribution in [0.3, 0.4) is 0 Å². The maximum absolute atomic E-state index is 13.6. The summed E-state index contributed by atoms with van der Waals surface area (Å²) in [6.45, 7) is 2.76. The maximum atomic E-state index is 13.6. The van der Waals surface area contributed by atoms with Crippen molar-refractivity contribution in [3.8, 4) is 0 Å². The molecule has 1 N–H and O–H groups in total. The van der Waals surface area contributed by atoms with Crippen molar-refractivity contribution >= 4 is 23.4 Å². The first-order chi connectivity index (χ1) is 8.70. The van der Waals surface area contributed by atoms with Crippen molar-refractivity contribution in [1.82, 2.24) is 5.32 Å². The van der Waals surface area contributed by atoms with Crippen molar-refractivity contribution in [1.29, 1.82) is 0 Å². The molecule has 0 saturated heterocycles. The zero-order valence-electron chi connectivity index (χ0n) is 10.6. The Morgan fingerprint density at radius 2 is 2.28 bits per heavy atom. The predicted molar refractivity (Wildman–Crippen MR) is 77.8 cm³/mol. The van der Waals surface area contributed by atoms with Gasteiger partial charge in [0.25, 0.3) is 0 Å². The zero-order chi connectivity index (χ0) is 13.0. The molecule has 18 heavy (non-hydrogen) atoms. The average Bonchev–Trinajstić information content (AvgIpc) is 2.78. The van der Waals surface area contributed by atoms with E-state index in [2.05, 4.69) is 12.2 Å². The van der Waals surface area contributed by atoms with Crippen LogP contribution in [0.2, 0.25) is 5.02 Å². The number of hydrogen-bond donors (Lipinski definition) is 1. The maximum Gasteiger partial charge on any atom is 0.127 e. The molecule has 1 aromatic rings. The smallest absolute Gasteiger partial charge is 0.127 e. The van der Waals surface area contributed by atoms with Crippen molar-refractivity contribution in [3.05, 3.63) is 34.6 Å². The van der Waals surface area contributed by atoms with Gasteiger partial charge in [0.05, 0.1) is 0 Å². The van der Waals surface area contributed by atoms with Gasteiger partial charge in [0.2, 0.25) is 0 Å². The molecule has 100 valence electrons. The van der Waals surface area contributed by atoms with Crippen molar-refractivity contribution in [2.75, 3.05) is 5.75 Å². The topological polar surface area (TPSA) is 12.0 Å². The van der Waals surface area contributed by atoms with Gasteiger partial charge in [-0.2, -0.15) is 11.8 Å². The Kier molecular flexibility index (Phi) is 5.34. The zero-order valence-corrected chi connectivity index (χ0v) is 12.2. The molecule has 0 heterocycles. The van der Waals surface area contributed by atoms with Crippen LogP contribution in [0, 0.1) is 5.82 Å². The lowest BCUT2D eigenvalue weighted by molar-refractivity contribution is 0.515. The standard InChI is InChI=1S/C14H19ClFNS/c1-2-18-14-5-3-4-13(14)17-9-10-8-11(15)6-7-12(10)16/h6-8,13-14,17H,2-5,9H2,1H3. The highest BCUT2D eigenvalue weighted by Gasteiger charge is 2.26. The van der Waals surface area contributed by atoms with E-state index in [1.807, 2.05) is 11.8 Å². The van der Waals surface area contributed by atoms with Gasteiger partial charge < -0.3 is 5.32 Å². The normalized spacial score (nSPS) is 23.5. The predicted octanol–water partition coefficient (Wildman–Crippen LogP) is 4.24. The fraction of sp³-hybridized carbons (Fsp3) is 0.571. The second-order valence-electron chi connectivity index (χ2n) is 4.65. The fourth-order valence-electron chi connectivity index (χ4n) is 2.49. The molecule has 1 nitrogen and oxygen atoms in total. The summed E-state index contributed by atoms with van der Waals surface area (Å²) in [6.07, 6.45) is 3.74. The van der Waals surface area contributed by atoms with Crippen LogP contribution in [0.4, 0.5) is 4.39 Å². The van der Waals surface area contributed by atoms with Crippen LogP contribution in [0.5, 0.6) is 0 Å². The van der Waals surface area contributed by atoms with Crippen LogP contribution in [0.1, 0.15) is 31.7 Å². The first-order valence-corrected chi connectivity index (χ1v) is 7.92. The van der Waals surface area contributed by atoms with Crippen molar-refractivity contribution < 1.29 is 4.39 Å². The molecule has 2 atom stereocenters. The van der Waals surface area contributed by atoms with E-state index in [1.165, 1.54) is 25.3 Å². The SMILES string of the molecule is CCSC1CCCC1NCc1cc(Cl)ccc1F. The molecule has 1 saturated carbocycles. The van der Waals surface area contributed by atoms with E-state index >= 15 is 0 Å². The van der Waals surface area contributed by atoms with E-state index in [0.29, 0.717) is 28.4 Å². The van der Waals surface area contributed by atoms with Gasteiger partial charge in [-0.05, 0) is 36.8 Å². The van der Waals surface area contributed by atoms with Crippen molar-refractivity contribution in [2.45, 2.75) is 44.0 Å². The average molecular weight is 288 g/mol. The lowest BCUT2D eigenvalue weighted by Gasteiger charge is -2.20. The van der Waals surface area contributed by atoms with Gasteiger partial charge in [-0.25, -0.2) is 4.39 Å². The summed E-state index contributed by atoms with van der Waals surface area (Å²) in [7, 11) is 0. The number of halogens is 2. The molecule has 0 spiro atoms. The Morgan fingerprint density at radius 1 is 1.44 bits per heavy atom. The quantitative estimate of drug-likeness (QED) is 0.869. The molecule has 1 aliphatic carbocycles. The van der Waals surface area contributed by atoms with E-state index in [0.717, 1.165) is 5.75 Å². The molecule has 1 fully saturated rings. The van der Waals surface area contributed by atoms with Gasteiger partial charge >= 0.3 is 0 Å². The van der Waals surface area contributed by atoms with Crippen LogP contribution in [0.15, 0.2) is 18.2 Å². The third kappa shape index (κ3) is 3.62. The first kappa shape index (κ1) is 14.2. The van der Waals surface area contributed by atoms with Crippen molar-refractivity contribution in [3.63, 3.8) is 0 Å². The highest BCUT2D eigenvalue weighted by Crippen LogP contribution is 2.30. The molecule has 2 rings (SSSR count). The first-order valence-electron chi connectivity index (χ1n) is 6.49. The summed E-state index contributed by atoms with van der Waals surface area (Å²) in [6, 6.07) is 5.24. The Labute approximate surface area is 117 Å². The largest absolute Gasteiger partial charge is 0.309 e. The minimum atomic E-state index is -0.176. The van der Waals surface area contributed by atoms with E-state index < -0.39 is 0 Å². The van der Waals surface area contributed by atoms with Gasteiger partial charge in [0.15, 0.2) is 0 Å².